The maximum Gasteiger partial charge on any atom is 0.328 e. The SMILES string of the molecule is CSc1nc(N)c2[nH]c(=O)n(Cc3ccccn3)c2n1. The molecule has 3 heterocycles. The summed E-state index contributed by atoms with van der Waals surface area (Å²) < 4.78 is 1.51. The van der Waals surface area contributed by atoms with Gasteiger partial charge in [0.25, 0.3) is 0 Å². The Morgan fingerprint density at radius 3 is 2.95 bits per heavy atom. The number of H-pyrrole nitrogens is 1. The van der Waals surface area contributed by atoms with Crippen molar-refractivity contribution in [2.75, 3.05) is 12.0 Å². The summed E-state index contributed by atoms with van der Waals surface area (Å²) in [5.41, 5.74) is 7.31. The molecule has 3 rings (SSSR count). The first kappa shape index (κ1) is 12.7. The van der Waals surface area contributed by atoms with Crippen molar-refractivity contribution < 1.29 is 0 Å². The summed E-state index contributed by atoms with van der Waals surface area (Å²) in [7, 11) is 0. The van der Waals surface area contributed by atoms with Crippen LogP contribution in [0.5, 0.6) is 0 Å². The van der Waals surface area contributed by atoms with E-state index in [1.165, 1.54) is 16.3 Å². The van der Waals surface area contributed by atoms with E-state index in [9.17, 15) is 4.79 Å². The average molecular weight is 288 g/mol. The highest BCUT2D eigenvalue weighted by Gasteiger charge is 2.14. The number of fused-ring (bicyclic) bond motifs is 1. The van der Waals surface area contributed by atoms with Gasteiger partial charge in [0.2, 0.25) is 0 Å². The van der Waals surface area contributed by atoms with E-state index in [1.807, 2.05) is 24.5 Å². The lowest BCUT2D eigenvalue weighted by atomic mass is 10.3. The van der Waals surface area contributed by atoms with Crippen LogP contribution in [0.3, 0.4) is 0 Å². The maximum absolute atomic E-state index is 12.0. The number of nitrogen functional groups attached to an aromatic ring is 1. The van der Waals surface area contributed by atoms with E-state index >= 15 is 0 Å². The van der Waals surface area contributed by atoms with Gasteiger partial charge in [-0.3, -0.25) is 9.55 Å². The number of aromatic amines is 1. The zero-order valence-electron chi connectivity index (χ0n) is 10.7. The summed E-state index contributed by atoms with van der Waals surface area (Å²) in [6, 6.07) is 5.55. The van der Waals surface area contributed by atoms with Gasteiger partial charge in [-0.25, -0.2) is 14.8 Å². The molecule has 0 aliphatic heterocycles. The monoisotopic (exact) mass is 288 g/mol. The molecule has 0 aromatic carbocycles. The van der Waals surface area contributed by atoms with E-state index in [0.29, 0.717) is 22.9 Å². The fraction of sp³-hybridized carbons (Fsp3) is 0.167. The lowest BCUT2D eigenvalue weighted by Gasteiger charge is -2.03. The van der Waals surface area contributed by atoms with Crippen LogP contribution in [0.1, 0.15) is 5.69 Å². The van der Waals surface area contributed by atoms with Gasteiger partial charge in [-0.15, -0.1) is 0 Å². The Morgan fingerprint density at radius 1 is 1.40 bits per heavy atom. The van der Waals surface area contributed by atoms with Crippen molar-refractivity contribution in [1.29, 1.82) is 0 Å². The highest BCUT2D eigenvalue weighted by atomic mass is 32.2. The van der Waals surface area contributed by atoms with Crippen LogP contribution < -0.4 is 11.4 Å². The summed E-state index contributed by atoms with van der Waals surface area (Å²) in [6.45, 7) is 0.337. The zero-order chi connectivity index (χ0) is 14.1. The van der Waals surface area contributed by atoms with Crippen LogP contribution >= 0.6 is 11.8 Å². The number of pyridine rings is 1. The molecule has 8 heteroatoms. The second kappa shape index (κ2) is 4.97. The van der Waals surface area contributed by atoms with Crippen molar-refractivity contribution in [3.63, 3.8) is 0 Å². The van der Waals surface area contributed by atoms with E-state index in [-0.39, 0.29) is 11.5 Å². The first-order valence-corrected chi connectivity index (χ1v) is 7.11. The summed E-state index contributed by atoms with van der Waals surface area (Å²) >= 11 is 1.37. The molecule has 3 aromatic rings. The Bertz CT molecular complexity index is 810. The molecule has 0 aliphatic carbocycles. The van der Waals surface area contributed by atoms with Crippen LogP contribution in [-0.2, 0) is 6.54 Å². The van der Waals surface area contributed by atoms with Gasteiger partial charge in [0, 0.05) is 6.20 Å². The molecule has 0 bridgehead atoms. The van der Waals surface area contributed by atoms with E-state index in [0.717, 1.165) is 5.69 Å². The van der Waals surface area contributed by atoms with Gasteiger partial charge < -0.3 is 10.7 Å². The molecule has 3 aromatic heterocycles. The molecule has 0 unspecified atom stereocenters. The third-order valence-corrected chi connectivity index (χ3v) is 3.41. The number of hydrogen-bond acceptors (Lipinski definition) is 6. The Balaban J connectivity index is 2.17. The van der Waals surface area contributed by atoms with Crippen LogP contribution in [0.25, 0.3) is 11.2 Å². The molecule has 0 aliphatic rings. The third-order valence-electron chi connectivity index (χ3n) is 2.86. The molecule has 0 spiro atoms. The summed E-state index contributed by atoms with van der Waals surface area (Å²) in [5, 5.41) is 0.531. The molecule has 0 saturated heterocycles. The number of imidazole rings is 1. The van der Waals surface area contributed by atoms with Gasteiger partial charge in [-0.2, -0.15) is 0 Å². The number of thioether (sulfide) groups is 1. The number of anilines is 1. The van der Waals surface area contributed by atoms with E-state index in [4.69, 9.17) is 5.73 Å². The second-order valence-corrected chi connectivity index (χ2v) is 4.90. The highest BCUT2D eigenvalue weighted by Crippen LogP contribution is 2.18. The number of nitrogens with two attached hydrogens (primary N) is 1. The van der Waals surface area contributed by atoms with Crippen molar-refractivity contribution in [2.45, 2.75) is 11.7 Å². The van der Waals surface area contributed by atoms with Gasteiger partial charge in [-0.05, 0) is 18.4 Å². The first-order chi connectivity index (χ1) is 9.69. The van der Waals surface area contributed by atoms with E-state index < -0.39 is 0 Å². The number of aromatic nitrogens is 5. The molecule has 7 nitrogen and oxygen atoms in total. The molecule has 102 valence electrons. The first-order valence-electron chi connectivity index (χ1n) is 5.89. The Hall–Kier alpha value is -2.35. The molecule has 0 atom stereocenters. The van der Waals surface area contributed by atoms with Gasteiger partial charge in [-0.1, -0.05) is 17.8 Å². The van der Waals surface area contributed by atoms with Crippen molar-refractivity contribution >= 4 is 28.7 Å². The van der Waals surface area contributed by atoms with Gasteiger partial charge in [0.1, 0.15) is 5.52 Å². The molecule has 20 heavy (non-hydrogen) atoms. The molecule has 3 N–H and O–H groups in total. The predicted octanol–water partition coefficient (Wildman–Crippen LogP) is 0.867. The molecule has 0 amide bonds. The van der Waals surface area contributed by atoms with Gasteiger partial charge >= 0.3 is 5.69 Å². The van der Waals surface area contributed by atoms with Crippen LogP contribution in [0, 0.1) is 0 Å². The molecule has 0 saturated carbocycles. The second-order valence-electron chi connectivity index (χ2n) is 4.13. The minimum Gasteiger partial charge on any atom is -0.382 e. The lowest BCUT2D eigenvalue weighted by molar-refractivity contribution is 0.751. The molecular weight excluding hydrogens is 276 g/mol. The van der Waals surface area contributed by atoms with Crippen molar-refractivity contribution in [3.05, 3.63) is 40.6 Å². The fourth-order valence-corrected chi connectivity index (χ4v) is 2.29. The quantitative estimate of drug-likeness (QED) is 0.547. The normalized spacial score (nSPS) is 11.1. The summed E-state index contributed by atoms with van der Waals surface area (Å²) in [6.07, 6.45) is 3.54. The van der Waals surface area contributed by atoms with Crippen LogP contribution in [0.15, 0.2) is 34.3 Å². The summed E-state index contributed by atoms with van der Waals surface area (Å²) in [4.78, 5) is 27.4. The molecule has 0 radical (unpaired) electrons. The standard InChI is InChI=1S/C12H12N6OS/c1-20-11-16-9(13)8-10(17-11)18(12(19)15-8)6-7-4-2-3-5-14-7/h2-5H,6H2,1H3,(H,15,19)(H2,13,16,17). The molecule has 0 fully saturated rings. The van der Waals surface area contributed by atoms with Crippen molar-refractivity contribution in [3.8, 4) is 0 Å². The van der Waals surface area contributed by atoms with Crippen molar-refractivity contribution in [2.24, 2.45) is 0 Å². The highest BCUT2D eigenvalue weighted by molar-refractivity contribution is 7.98. The summed E-state index contributed by atoms with van der Waals surface area (Å²) in [5.74, 6) is 0.274. The Kier molecular flexibility index (Phi) is 3.15. The number of hydrogen-bond donors (Lipinski definition) is 2. The topological polar surface area (TPSA) is 102 Å². The van der Waals surface area contributed by atoms with Crippen LogP contribution in [0.4, 0.5) is 5.82 Å². The lowest BCUT2D eigenvalue weighted by Crippen LogP contribution is -2.18. The fourth-order valence-electron chi connectivity index (χ4n) is 1.92. The Labute approximate surface area is 118 Å². The minimum atomic E-state index is -0.273. The number of nitrogens with one attached hydrogen (secondary N) is 1. The number of nitrogens with zero attached hydrogens (tertiary/aromatic N) is 4. The average Bonchev–Trinajstić information content (AvgIpc) is 2.77. The third kappa shape index (κ3) is 2.14. The predicted molar refractivity (Wildman–Crippen MR) is 77.7 cm³/mol. The van der Waals surface area contributed by atoms with Crippen LogP contribution in [-0.4, -0.2) is 30.8 Å². The van der Waals surface area contributed by atoms with Crippen molar-refractivity contribution in [1.82, 2.24) is 24.5 Å². The smallest absolute Gasteiger partial charge is 0.328 e. The van der Waals surface area contributed by atoms with Crippen LogP contribution in [0.2, 0.25) is 0 Å². The molecular formula is C12H12N6OS. The minimum absolute atomic E-state index is 0.273. The zero-order valence-corrected chi connectivity index (χ0v) is 11.5. The Morgan fingerprint density at radius 2 is 2.25 bits per heavy atom. The van der Waals surface area contributed by atoms with E-state index in [1.54, 1.807) is 6.20 Å². The largest absolute Gasteiger partial charge is 0.382 e. The van der Waals surface area contributed by atoms with E-state index in [2.05, 4.69) is 19.9 Å². The maximum atomic E-state index is 12.0. The number of rotatable bonds is 3. The van der Waals surface area contributed by atoms with Gasteiger partial charge in [0.15, 0.2) is 16.6 Å². The van der Waals surface area contributed by atoms with Gasteiger partial charge in [0.05, 0.1) is 12.2 Å².